The zero-order valence-electron chi connectivity index (χ0n) is 13.4. The first-order chi connectivity index (χ1) is 10.6. The SMILES string of the molecule is BCc1cc(C)ccc1Oc1cccc(CC(=O)OCC)c1. The number of hydrogen-bond acceptors (Lipinski definition) is 3. The van der Waals surface area contributed by atoms with Gasteiger partial charge in [0.25, 0.3) is 0 Å². The van der Waals surface area contributed by atoms with E-state index in [-0.39, 0.29) is 12.4 Å². The first kappa shape index (κ1) is 16.2. The van der Waals surface area contributed by atoms with E-state index in [0.29, 0.717) is 6.61 Å². The molecule has 0 aliphatic heterocycles. The third kappa shape index (κ3) is 4.38. The third-order valence-corrected chi connectivity index (χ3v) is 3.38. The Morgan fingerprint density at radius 1 is 1.18 bits per heavy atom. The van der Waals surface area contributed by atoms with Crippen LogP contribution in [0, 0.1) is 6.92 Å². The van der Waals surface area contributed by atoms with Crippen LogP contribution in [0.25, 0.3) is 0 Å². The van der Waals surface area contributed by atoms with Gasteiger partial charge in [-0.2, -0.15) is 0 Å². The normalized spacial score (nSPS) is 10.3. The van der Waals surface area contributed by atoms with Crippen LogP contribution in [0.3, 0.4) is 0 Å². The highest BCUT2D eigenvalue weighted by Gasteiger charge is 2.07. The van der Waals surface area contributed by atoms with Gasteiger partial charge in [0, 0.05) is 0 Å². The maximum atomic E-state index is 11.6. The van der Waals surface area contributed by atoms with Crippen molar-refractivity contribution in [2.45, 2.75) is 26.6 Å². The van der Waals surface area contributed by atoms with Gasteiger partial charge < -0.3 is 9.47 Å². The van der Waals surface area contributed by atoms with Crippen molar-refractivity contribution in [2.75, 3.05) is 6.61 Å². The van der Waals surface area contributed by atoms with Crippen molar-refractivity contribution in [2.24, 2.45) is 0 Å². The molecule has 22 heavy (non-hydrogen) atoms. The Morgan fingerprint density at radius 2 is 2.00 bits per heavy atom. The van der Waals surface area contributed by atoms with Gasteiger partial charge >= 0.3 is 5.97 Å². The highest BCUT2D eigenvalue weighted by molar-refractivity contribution is 6.08. The van der Waals surface area contributed by atoms with Crippen molar-refractivity contribution in [3.63, 3.8) is 0 Å². The zero-order valence-corrected chi connectivity index (χ0v) is 13.4. The van der Waals surface area contributed by atoms with E-state index in [2.05, 4.69) is 20.8 Å². The Balaban J connectivity index is 2.15. The lowest BCUT2D eigenvalue weighted by Gasteiger charge is -2.12. The number of ether oxygens (including phenoxy) is 2. The summed E-state index contributed by atoms with van der Waals surface area (Å²) in [7, 11) is 2.11. The molecule has 4 heteroatoms. The maximum Gasteiger partial charge on any atom is 0.310 e. The number of esters is 1. The van der Waals surface area contributed by atoms with E-state index in [1.165, 1.54) is 11.1 Å². The molecule has 0 saturated heterocycles. The molecule has 114 valence electrons. The molecule has 2 aromatic rings. The fourth-order valence-corrected chi connectivity index (χ4v) is 2.31. The highest BCUT2D eigenvalue weighted by Crippen LogP contribution is 2.27. The van der Waals surface area contributed by atoms with Crippen LogP contribution in [0.15, 0.2) is 42.5 Å². The largest absolute Gasteiger partial charge is 0.466 e. The van der Waals surface area contributed by atoms with E-state index < -0.39 is 0 Å². The van der Waals surface area contributed by atoms with Gasteiger partial charge in [0.05, 0.1) is 13.0 Å². The molecule has 0 bridgehead atoms. The monoisotopic (exact) mass is 296 g/mol. The van der Waals surface area contributed by atoms with Crippen molar-refractivity contribution in [1.82, 2.24) is 0 Å². The van der Waals surface area contributed by atoms with Crippen molar-refractivity contribution in [3.8, 4) is 11.5 Å². The highest BCUT2D eigenvalue weighted by atomic mass is 16.5. The molecular formula is C18H21BO3. The lowest BCUT2D eigenvalue weighted by molar-refractivity contribution is -0.142. The minimum absolute atomic E-state index is 0.218. The Morgan fingerprint density at radius 3 is 2.73 bits per heavy atom. The topological polar surface area (TPSA) is 35.5 Å². The second-order valence-corrected chi connectivity index (χ2v) is 5.20. The number of aryl methyl sites for hydroxylation is 1. The standard InChI is InChI=1S/C18H21BO3/c1-3-21-18(20)11-14-5-4-6-16(10-14)22-17-8-7-13(2)9-15(17)12-19/h4-10H,3,11-12,19H2,1-2H3. The average molecular weight is 296 g/mol. The molecule has 0 fully saturated rings. The number of hydrogen-bond donors (Lipinski definition) is 0. The molecular weight excluding hydrogens is 275 g/mol. The van der Waals surface area contributed by atoms with Gasteiger partial charge in [0.15, 0.2) is 0 Å². The first-order valence-electron chi connectivity index (χ1n) is 7.64. The molecule has 0 radical (unpaired) electrons. The minimum Gasteiger partial charge on any atom is -0.466 e. The quantitative estimate of drug-likeness (QED) is 0.607. The molecule has 0 N–H and O–H groups in total. The van der Waals surface area contributed by atoms with Crippen LogP contribution in [0.1, 0.15) is 23.6 Å². The summed E-state index contributed by atoms with van der Waals surface area (Å²) in [5.74, 6) is 1.38. The van der Waals surface area contributed by atoms with Crippen LogP contribution in [-0.4, -0.2) is 20.4 Å². The van der Waals surface area contributed by atoms with E-state index in [0.717, 1.165) is 23.4 Å². The lowest BCUT2D eigenvalue weighted by atomic mass is 9.95. The molecule has 0 aromatic heterocycles. The predicted octanol–water partition coefficient (Wildman–Crippen LogP) is 3.03. The molecule has 3 nitrogen and oxygen atoms in total. The molecule has 2 aromatic carbocycles. The molecule has 0 amide bonds. The van der Waals surface area contributed by atoms with E-state index >= 15 is 0 Å². The Bertz CT molecular complexity index is 653. The van der Waals surface area contributed by atoms with Crippen LogP contribution in [0.5, 0.6) is 11.5 Å². The average Bonchev–Trinajstić information content (AvgIpc) is 2.49. The summed E-state index contributed by atoms with van der Waals surface area (Å²) >= 11 is 0. The van der Waals surface area contributed by atoms with Gasteiger partial charge in [0.2, 0.25) is 0 Å². The van der Waals surface area contributed by atoms with Crippen molar-refractivity contribution in [1.29, 1.82) is 0 Å². The number of carbonyl (C=O) groups is 1. The van der Waals surface area contributed by atoms with Crippen molar-refractivity contribution < 1.29 is 14.3 Å². The van der Waals surface area contributed by atoms with Crippen LogP contribution < -0.4 is 4.74 Å². The van der Waals surface area contributed by atoms with Gasteiger partial charge in [0.1, 0.15) is 19.3 Å². The summed E-state index contributed by atoms with van der Waals surface area (Å²) in [5.41, 5.74) is 3.29. The van der Waals surface area contributed by atoms with Crippen molar-refractivity contribution >= 4 is 13.8 Å². The van der Waals surface area contributed by atoms with E-state index in [9.17, 15) is 4.79 Å². The molecule has 0 atom stereocenters. The smallest absolute Gasteiger partial charge is 0.310 e. The minimum atomic E-state index is -0.218. The second kappa shape index (κ2) is 7.69. The van der Waals surface area contributed by atoms with Gasteiger partial charge in [-0.05, 0) is 43.2 Å². The van der Waals surface area contributed by atoms with Gasteiger partial charge in [-0.3, -0.25) is 4.79 Å². The first-order valence-corrected chi connectivity index (χ1v) is 7.64. The molecule has 0 unspecified atom stereocenters. The Hall–Kier alpha value is -2.23. The Labute approximate surface area is 132 Å². The summed E-state index contributed by atoms with van der Waals surface area (Å²) < 4.78 is 11.0. The van der Waals surface area contributed by atoms with Gasteiger partial charge in [-0.25, -0.2) is 0 Å². The van der Waals surface area contributed by atoms with Crippen LogP contribution in [-0.2, 0) is 22.3 Å². The lowest BCUT2D eigenvalue weighted by Crippen LogP contribution is -2.07. The maximum absolute atomic E-state index is 11.6. The van der Waals surface area contributed by atoms with E-state index in [4.69, 9.17) is 9.47 Å². The number of carbonyl (C=O) groups excluding carboxylic acids is 1. The number of benzene rings is 2. The van der Waals surface area contributed by atoms with Crippen LogP contribution in [0.4, 0.5) is 0 Å². The molecule has 0 heterocycles. The van der Waals surface area contributed by atoms with Gasteiger partial charge in [-0.1, -0.05) is 36.1 Å². The summed E-state index contributed by atoms with van der Waals surface area (Å²) in [6, 6.07) is 13.7. The predicted molar refractivity (Wildman–Crippen MR) is 90.3 cm³/mol. The molecule has 0 saturated carbocycles. The fraction of sp³-hybridized carbons (Fsp3) is 0.278. The molecule has 0 aliphatic rings. The number of rotatable bonds is 6. The summed E-state index contributed by atoms with van der Waals surface area (Å²) in [6.45, 7) is 4.28. The van der Waals surface area contributed by atoms with Crippen LogP contribution >= 0.6 is 0 Å². The summed E-state index contributed by atoms with van der Waals surface area (Å²) in [5, 5.41) is 0. The summed E-state index contributed by atoms with van der Waals surface area (Å²) in [4.78, 5) is 11.6. The van der Waals surface area contributed by atoms with E-state index in [1.807, 2.05) is 36.4 Å². The van der Waals surface area contributed by atoms with Gasteiger partial charge in [-0.15, -0.1) is 0 Å². The molecule has 2 rings (SSSR count). The zero-order chi connectivity index (χ0) is 15.9. The molecule has 0 spiro atoms. The van der Waals surface area contributed by atoms with E-state index in [1.54, 1.807) is 6.92 Å². The van der Waals surface area contributed by atoms with Crippen molar-refractivity contribution in [3.05, 3.63) is 59.2 Å². The second-order valence-electron chi connectivity index (χ2n) is 5.20. The fourth-order valence-electron chi connectivity index (χ4n) is 2.31. The Kier molecular flexibility index (Phi) is 5.64. The van der Waals surface area contributed by atoms with Crippen LogP contribution in [0.2, 0.25) is 0 Å². The molecule has 0 aliphatic carbocycles. The summed E-state index contributed by atoms with van der Waals surface area (Å²) in [6.07, 6.45) is 1.18. The third-order valence-electron chi connectivity index (χ3n) is 3.38.